The zero-order chi connectivity index (χ0) is 17.4. The summed E-state index contributed by atoms with van der Waals surface area (Å²) < 4.78 is 16.3. The van der Waals surface area contributed by atoms with Crippen LogP contribution in [-0.4, -0.2) is 56.8 Å². The van der Waals surface area contributed by atoms with E-state index in [0.29, 0.717) is 31.9 Å². The summed E-state index contributed by atoms with van der Waals surface area (Å²) in [5, 5.41) is 10.2. The Morgan fingerprint density at radius 2 is 1.88 bits per heavy atom. The van der Waals surface area contributed by atoms with Crippen molar-refractivity contribution in [1.82, 2.24) is 0 Å². The molecule has 0 aromatic heterocycles. The number of ether oxygens (including phenoxy) is 3. The first kappa shape index (κ1) is 19.0. The van der Waals surface area contributed by atoms with Crippen LogP contribution in [0.3, 0.4) is 0 Å². The zero-order valence-electron chi connectivity index (χ0n) is 15.2. The van der Waals surface area contributed by atoms with E-state index in [1.807, 2.05) is 24.3 Å². The van der Waals surface area contributed by atoms with E-state index in [9.17, 15) is 5.11 Å². The molecule has 24 heavy (non-hydrogen) atoms. The summed E-state index contributed by atoms with van der Waals surface area (Å²) in [6.07, 6.45) is 3.39. The largest absolute Gasteiger partial charge is 0.497 e. The number of methoxy groups -OCH3 is 1. The molecule has 0 bridgehead atoms. The first-order chi connectivity index (χ1) is 11.6. The molecule has 1 aromatic rings. The molecular formula is C19H32NO4+. The number of hydrogen-bond donors (Lipinski definition) is 2. The minimum absolute atomic E-state index is 0.365. The lowest BCUT2D eigenvalue weighted by atomic mass is 9.97. The molecule has 5 heteroatoms. The van der Waals surface area contributed by atoms with E-state index in [4.69, 9.17) is 14.2 Å². The van der Waals surface area contributed by atoms with Crippen LogP contribution in [-0.2, 0) is 4.74 Å². The zero-order valence-corrected chi connectivity index (χ0v) is 15.2. The first-order valence-electron chi connectivity index (χ1n) is 8.98. The highest BCUT2D eigenvalue weighted by Gasteiger charge is 2.30. The van der Waals surface area contributed by atoms with Gasteiger partial charge < -0.3 is 24.2 Å². The molecule has 1 saturated heterocycles. The van der Waals surface area contributed by atoms with Crippen molar-refractivity contribution >= 4 is 0 Å². The molecule has 1 aliphatic heterocycles. The smallest absolute Gasteiger partial charge is 0.126 e. The number of rotatable bonds is 9. The number of aliphatic hydroxyl groups excluding tert-OH is 1. The highest BCUT2D eigenvalue weighted by molar-refractivity contribution is 5.32. The number of benzene rings is 1. The van der Waals surface area contributed by atoms with Crippen molar-refractivity contribution in [1.29, 1.82) is 0 Å². The van der Waals surface area contributed by atoms with Gasteiger partial charge in [-0.2, -0.15) is 0 Å². The molecule has 0 aliphatic carbocycles. The van der Waals surface area contributed by atoms with E-state index in [0.717, 1.165) is 18.0 Å². The third kappa shape index (κ3) is 5.96. The van der Waals surface area contributed by atoms with E-state index in [1.165, 1.54) is 24.2 Å². The molecule has 1 heterocycles. The first-order valence-corrected chi connectivity index (χ1v) is 8.98. The summed E-state index contributed by atoms with van der Waals surface area (Å²) in [5.41, 5.74) is 0. The third-order valence-corrected chi connectivity index (χ3v) is 4.86. The van der Waals surface area contributed by atoms with Gasteiger partial charge in [0.15, 0.2) is 0 Å². The van der Waals surface area contributed by atoms with E-state index in [2.05, 4.69) is 13.8 Å². The van der Waals surface area contributed by atoms with E-state index < -0.39 is 6.10 Å². The number of likely N-dealkylation sites (tertiary alicyclic amines) is 1. The molecule has 0 amide bonds. The van der Waals surface area contributed by atoms with Crippen LogP contribution in [0.4, 0.5) is 0 Å². The van der Waals surface area contributed by atoms with Crippen molar-refractivity contribution in [2.45, 2.75) is 51.3 Å². The second-order valence-electron chi connectivity index (χ2n) is 6.77. The maximum Gasteiger partial charge on any atom is 0.126 e. The van der Waals surface area contributed by atoms with Crippen molar-refractivity contribution in [2.75, 3.05) is 33.5 Å². The Morgan fingerprint density at radius 3 is 2.58 bits per heavy atom. The Labute approximate surface area is 145 Å². The summed E-state index contributed by atoms with van der Waals surface area (Å²) in [7, 11) is 1.63. The minimum atomic E-state index is -0.417. The van der Waals surface area contributed by atoms with Crippen LogP contribution in [0.2, 0.25) is 0 Å². The topological polar surface area (TPSA) is 52.4 Å². The number of hydrogen-bond acceptors (Lipinski definition) is 4. The quantitative estimate of drug-likeness (QED) is 0.667. The Kier molecular flexibility index (Phi) is 7.82. The average Bonchev–Trinajstić information content (AvgIpc) is 2.58. The normalized spacial score (nSPS) is 23.0. The second kappa shape index (κ2) is 9.87. The number of aliphatic hydroxyl groups is 1. The van der Waals surface area contributed by atoms with Crippen LogP contribution in [0.5, 0.6) is 11.5 Å². The molecule has 1 fully saturated rings. The SMILES string of the molecule is COc1cccc(OCCOC[C@@H](O)C[NH+]2[C@H](C)CCC[C@H]2C)c1. The van der Waals surface area contributed by atoms with Crippen LogP contribution in [0.1, 0.15) is 33.1 Å². The average molecular weight is 338 g/mol. The van der Waals surface area contributed by atoms with Crippen LogP contribution in [0.25, 0.3) is 0 Å². The Morgan fingerprint density at radius 1 is 1.17 bits per heavy atom. The molecule has 0 radical (unpaired) electrons. The third-order valence-electron chi connectivity index (χ3n) is 4.86. The highest BCUT2D eigenvalue weighted by Crippen LogP contribution is 2.18. The summed E-state index contributed by atoms with van der Waals surface area (Å²) in [5.74, 6) is 1.54. The molecule has 5 nitrogen and oxygen atoms in total. The van der Waals surface area contributed by atoms with Gasteiger partial charge in [0.05, 0.1) is 32.4 Å². The molecule has 0 saturated carbocycles. The fourth-order valence-corrected chi connectivity index (χ4v) is 3.45. The van der Waals surface area contributed by atoms with Crippen molar-refractivity contribution < 1.29 is 24.2 Å². The molecule has 0 spiro atoms. The monoisotopic (exact) mass is 338 g/mol. The molecule has 0 unspecified atom stereocenters. The van der Waals surface area contributed by atoms with Gasteiger partial charge in [-0.1, -0.05) is 6.07 Å². The molecule has 3 atom stereocenters. The molecule has 1 aliphatic rings. The number of piperidine rings is 1. The fourth-order valence-electron chi connectivity index (χ4n) is 3.45. The molecule has 2 rings (SSSR count). The van der Waals surface area contributed by atoms with Crippen LogP contribution in [0, 0.1) is 0 Å². The standard InChI is InChI=1S/C19H31NO4/c1-15-6-4-7-16(2)20(15)13-17(21)14-23-10-11-24-19-9-5-8-18(12-19)22-3/h5,8-9,12,15-17,21H,4,6-7,10-11,13-14H2,1-3H3/p+1/t15-,16-,17+/m1/s1. The maximum atomic E-state index is 10.2. The predicted octanol–water partition coefficient (Wildman–Crippen LogP) is 1.30. The van der Waals surface area contributed by atoms with Gasteiger partial charge in [-0.3, -0.25) is 0 Å². The van der Waals surface area contributed by atoms with Crippen LogP contribution >= 0.6 is 0 Å². The van der Waals surface area contributed by atoms with E-state index >= 15 is 0 Å². The van der Waals surface area contributed by atoms with Crippen molar-refractivity contribution in [3.63, 3.8) is 0 Å². The summed E-state index contributed by atoms with van der Waals surface area (Å²) in [4.78, 5) is 1.50. The molecule has 2 N–H and O–H groups in total. The Hall–Kier alpha value is -1.30. The number of nitrogens with one attached hydrogen (secondary N) is 1. The lowest BCUT2D eigenvalue weighted by Gasteiger charge is -2.36. The van der Waals surface area contributed by atoms with Crippen molar-refractivity contribution in [3.8, 4) is 11.5 Å². The maximum absolute atomic E-state index is 10.2. The minimum Gasteiger partial charge on any atom is -0.497 e. The fraction of sp³-hybridized carbons (Fsp3) is 0.684. The van der Waals surface area contributed by atoms with Gasteiger partial charge in [0.25, 0.3) is 0 Å². The lowest BCUT2D eigenvalue weighted by molar-refractivity contribution is -0.954. The van der Waals surface area contributed by atoms with Crippen molar-refractivity contribution in [3.05, 3.63) is 24.3 Å². The molecule has 1 aromatic carbocycles. The van der Waals surface area contributed by atoms with Gasteiger partial charge in [0.1, 0.15) is 30.8 Å². The number of quaternary nitrogens is 1. The van der Waals surface area contributed by atoms with Gasteiger partial charge in [-0.15, -0.1) is 0 Å². The summed E-state index contributed by atoms with van der Waals surface area (Å²) >= 11 is 0. The highest BCUT2D eigenvalue weighted by atomic mass is 16.5. The van der Waals surface area contributed by atoms with Gasteiger partial charge in [0.2, 0.25) is 0 Å². The predicted molar refractivity (Wildman–Crippen MR) is 93.9 cm³/mol. The van der Waals surface area contributed by atoms with Crippen LogP contribution in [0.15, 0.2) is 24.3 Å². The summed E-state index contributed by atoms with van der Waals surface area (Å²) in [6, 6.07) is 8.75. The summed E-state index contributed by atoms with van der Waals surface area (Å²) in [6.45, 7) is 6.61. The van der Waals surface area contributed by atoms with E-state index in [1.54, 1.807) is 7.11 Å². The lowest BCUT2D eigenvalue weighted by Crippen LogP contribution is -3.20. The van der Waals surface area contributed by atoms with E-state index in [-0.39, 0.29) is 0 Å². The van der Waals surface area contributed by atoms with Crippen molar-refractivity contribution in [2.24, 2.45) is 0 Å². The van der Waals surface area contributed by atoms with Gasteiger partial charge >= 0.3 is 0 Å². The Balaban J connectivity index is 1.61. The molecular weight excluding hydrogens is 306 g/mol. The Bertz CT molecular complexity index is 472. The second-order valence-corrected chi connectivity index (χ2v) is 6.77. The van der Waals surface area contributed by atoms with Crippen LogP contribution < -0.4 is 14.4 Å². The molecule has 136 valence electrons. The van der Waals surface area contributed by atoms with Gasteiger partial charge in [-0.25, -0.2) is 0 Å². The van der Waals surface area contributed by atoms with Gasteiger partial charge in [0, 0.05) is 6.07 Å². The van der Waals surface area contributed by atoms with Gasteiger partial charge in [-0.05, 0) is 45.2 Å².